The SMILES string of the molecule is CCc1c(F)ccc2cc(O)cc(-c3nc(OC)c4c(N5CCOCC(C)(O)C5)nc(OCC56CCCC5N(C5CC(N)C5)CCC6)nc4c3F)c12. The van der Waals surface area contributed by atoms with Crippen molar-refractivity contribution in [2.75, 3.05) is 51.5 Å². The van der Waals surface area contributed by atoms with Crippen LogP contribution in [0.2, 0.25) is 0 Å². The number of hydrogen-bond acceptors (Lipinski definition) is 11. The van der Waals surface area contributed by atoms with Crippen molar-refractivity contribution < 1.29 is 33.2 Å². The number of aromatic nitrogens is 3. The Kier molecular flexibility index (Phi) is 9.12. The second-order valence-electron chi connectivity index (χ2n) is 15.6. The first-order valence-corrected chi connectivity index (χ1v) is 18.6. The number of aliphatic hydroxyl groups is 1. The standard InChI is InChI=1S/C39H48F2N6O5/c1-4-26-28(40)9-8-22-15-25(48)18-27(30(22)26)33-32(41)34-31(36(43-33)50-3)35(46-13-14-51-20-38(2,49)19-46)45-37(44-34)52-21-39-10-5-7-29(39)47(12-6-11-39)24-16-23(42)17-24/h8-9,15,18,23-24,29,48-49H,4-7,10-14,16-17,19-21,42H2,1-3H3. The number of aromatic hydroxyl groups is 1. The summed E-state index contributed by atoms with van der Waals surface area (Å²) in [6, 6.07) is 6.97. The number of anilines is 1. The van der Waals surface area contributed by atoms with Gasteiger partial charge in [-0.25, -0.2) is 13.8 Å². The van der Waals surface area contributed by atoms with Gasteiger partial charge in [-0.15, -0.1) is 0 Å². The van der Waals surface area contributed by atoms with Gasteiger partial charge in [-0.1, -0.05) is 19.4 Å². The van der Waals surface area contributed by atoms with E-state index in [4.69, 9.17) is 29.9 Å². The number of benzene rings is 2. The fourth-order valence-electron chi connectivity index (χ4n) is 9.42. The highest BCUT2D eigenvalue weighted by Crippen LogP contribution is 2.50. The third kappa shape index (κ3) is 6.09. The molecule has 0 radical (unpaired) electrons. The van der Waals surface area contributed by atoms with E-state index in [-0.39, 0.29) is 64.4 Å². The first-order valence-electron chi connectivity index (χ1n) is 18.6. The van der Waals surface area contributed by atoms with Gasteiger partial charge in [-0.05, 0) is 92.9 Å². The van der Waals surface area contributed by atoms with Gasteiger partial charge in [-0.2, -0.15) is 9.97 Å². The number of fused-ring (bicyclic) bond motifs is 3. The van der Waals surface area contributed by atoms with Crippen molar-refractivity contribution >= 4 is 27.5 Å². The van der Waals surface area contributed by atoms with Crippen LogP contribution < -0.4 is 20.1 Å². The Bertz CT molecular complexity index is 2010. The summed E-state index contributed by atoms with van der Waals surface area (Å²) >= 11 is 0. The molecule has 2 aromatic heterocycles. The van der Waals surface area contributed by atoms with E-state index in [0.29, 0.717) is 60.4 Å². The molecule has 0 spiro atoms. The van der Waals surface area contributed by atoms with E-state index < -0.39 is 17.2 Å². The molecule has 2 saturated heterocycles. The molecule has 2 aliphatic carbocycles. The van der Waals surface area contributed by atoms with Crippen LogP contribution in [-0.4, -0.2) is 100 Å². The van der Waals surface area contributed by atoms with Gasteiger partial charge in [0.05, 0.1) is 33.5 Å². The topological polar surface area (TPSA) is 139 Å². The van der Waals surface area contributed by atoms with Crippen LogP contribution in [0.25, 0.3) is 32.9 Å². The molecule has 3 unspecified atom stereocenters. The van der Waals surface area contributed by atoms with Crippen LogP contribution in [0.3, 0.4) is 0 Å². The molecule has 2 saturated carbocycles. The molecule has 8 rings (SSSR count). The number of hydrogen-bond donors (Lipinski definition) is 3. The summed E-state index contributed by atoms with van der Waals surface area (Å²) in [4.78, 5) is 18.8. The molecule has 2 aliphatic heterocycles. The quantitative estimate of drug-likeness (QED) is 0.213. The van der Waals surface area contributed by atoms with Gasteiger partial charge in [0.25, 0.3) is 0 Å². The highest BCUT2D eigenvalue weighted by atomic mass is 19.1. The van der Waals surface area contributed by atoms with Crippen LogP contribution in [0.5, 0.6) is 17.6 Å². The number of pyridine rings is 1. The number of nitrogens with two attached hydrogens (primary N) is 1. The first-order chi connectivity index (χ1) is 25.0. The highest BCUT2D eigenvalue weighted by molar-refractivity contribution is 6.03. The van der Waals surface area contributed by atoms with E-state index in [1.54, 1.807) is 13.0 Å². The maximum absolute atomic E-state index is 17.3. The third-order valence-electron chi connectivity index (χ3n) is 11.9. The van der Waals surface area contributed by atoms with E-state index >= 15 is 8.78 Å². The molecule has 13 heteroatoms. The molecule has 4 aliphatic rings. The number of aryl methyl sites for hydroxylation is 1. The number of piperidine rings is 1. The summed E-state index contributed by atoms with van der Waals surface area (Å²) in [6.45, 7) is 5.87. The van der Waals surface area contributed by atoms with Crippen molar-refractivity contribution in [3.63, 3.8) is 0 Å². The normalized spacial score (nSPS) is 28.1. The van der Waals surface area contributed by atoms with Crippen LogP contribution in [0.4, 0.5) is 14.6 Å². The molecule has 4 fully saturated rings. The smallest absolute Gasteiger partial charge is 0.319 e. The largest absolute Gasteiger partial charge is 0.508 e. The van der Waals surface area contributed by atoms with Gasteiger partial charge in [0, 0.05) is 35.6 Å². The molecule has 0 bridgehead atoms. The molecule has 278 valence electrons. The molecule has 0 amide bonds. The zero-order valence-corrected chi connectivity index (χ0v) is 30.1. The fourth-order valence-corrected chi connectivity index (χ4v) is 9.42. The van der Waals surface area contributed by atoms with Gasteiger partial charge in [0.1, 0.15) is 39.6 Å². The van der Waals surface area contributed by atoms with Crippen LogP contribution in [0, 0.1) is 17.0 Å². The Hall–Kier alpha value is -3.91. The molecular formula is C39H48F2N6O5. The van der Waals surface area contributed by atoms with Gasteiger partial charge in [0.2, 0.25) is 5.88 Å². The van der Waals surface area contributed by atoms with E-state index in [9.17, 15) is 10.2 Å². The summed E-state index contributed by atoms with van der Waals surface area (Å²) in [5, 5.41) is 23.1. The summed E-state index contributed by atoms with van der Waals surface area (Å²) < 4.78 is 50.6. The van der Waals surface area contributed by atoms with Crippen molar-refractivity contribution in [3.05, 3.63) is 41.5 Å². The van der Waals surface area contributed by atoms with Gasteiger partial charge >= 0.3 is 6.01 Å². The Morgan fingerprint density at radius 2 is 1.88 bits per heavy atom. The Balaban J connectivity index is 1.27. The number of phenolic OH excluding ortho intramolecular Hbond substituents is 1. The lowest BCUT2D eigenvalue weighted by atomic mass is 9.73. The van der Waals surface area contributed by atoms with Crippen LogP contribution in [0.1, 0.15) is 64.4 Å². The number of nitrogens with zero attached hydrogens (tertiary/aromatic N) is 5. The highest BCUT2D eigenvalue weighted by Gasteiger charge is 2.51. The minimum absolute atomic E-state index is 0.00860. The van der Waals surface area contributed by atoms with Gasteiger partial charge in [-0.3, -0.25) is 4.90 Å². The van der Waals surface area contributed by atoms with Crippen LogP contribution in [0.15, 0.2) is 24.3 Å². The lowest BCUT2D eigenvalue weighted by Crippen LogP contribution is -2.60. The zero-order chi connectivity index (χ0) is 36.4. The lowest BCUT2D eigenvalue weighted by molar-refractivity contribution is -0.0439. The van der Waals surface area contributed by atoms with Crippen molar-refractivity contribution in [2.45, 2.75) is 88.9 Å². The van der Waals surface area contributed by atoms with Gasteiger partial charge in [0.15, 0.2) is 5.82 Å². The number of ether oxygens (including phenoxy) is 3. The van der Waals surface area contributed by atoms with Crippen LogP contribution in [-0.2, 0) is 11.2 Å². The van der Waals surface area contributed by atoms with E-state index in [1.807, 2.05) is 11.8 Å². The third-order valence-corrected chi connectivity index (χ3v) is 11.9. The van der Waals surface area contributed by atoms with Crippen LogP contribution >= 0.6 is 0 Å². The first kappa shape index (κ1) is 35.1. The predicted molar refractivity (Wildman–Crippen MR) is 194 cm³/mol. The van der Waals surface area contributed by atoms with Crippen molar-refractivity contribution in [1.82, 2.24) is 19.9 Å². The predicted octanol–water partition coefficient (Wildman–Crippen LogP) is 5.49. The molecular weight excluding hydrogens is 670 g/mol. The second-order valence-corrected chi connectivity index (χ2v) is 15.6. The molecule has 11 nitrogen and oxygen atoms in total. The van der Waals surface area contributed by atoms with Crippen molar-refractivity contribution in [3.8, 4) is 28.9 Å². The maximum atomic E-state index is 17.3. The number of halogens is 2. The number of phenols is 1. The number of rotatable bonds is 8. The number of likely N-dealkylation sites (tertiary alicyclic amines) is 1. The minimum atomic E-state index is -1.22. The van der Waals surface area contributed by atoms with E-state index in [2.05, 4.69) is 9.88 Å². The molecule has 52 heavy (non-hydrogen) atoms. The summed E-state index contributed by atoms with van der Waals surface area (Å²) in [5.41, 5.74) is 5.24. The fraction of sp³-hybridized carbons (Fsp3) is 0.564. The van der Waals surface area contributed by atoms with Crippen molar-refractivity contribution in [1.29, 1.82) is 0 Å². The summed E-state index contributed by atoms with van der Waals surface area (Å²) in [6.07, 6.45) is 7.70. The average molecular weight is 719 g/mol. The summed E-state index contributed by atoms with van der Waals surface area (Å²) in [7, 11) is 1.43. The lowest BCUT2D eigenvalue weighted by Gasteiger charge is -2.52. The molecule has 4 aromatic rings. The monoisotopic (exact) mass is 718 g/mol. The molecule has 4 heterocycles. The second kappa shape index (κ2) is 13.5. The maximum Gasteiger partial charge on any atom is 0.319 e. The van der Waals surface area contributed by atoms with Crippen molar-refractivity contribution in [2.24, 2.45) is 11.1 Å². The molecule has 2 aromatic carbocycles. The minimum Gasteiger partial charge on any atom is -0.508 e. The summed E-state index contributed by atoms with van der Waals surface area (Å²) in [5.74, 6) is -0.999. The van der Waals surface area contributed by atoms with E-state index in [0.717, 1.165) is 51.5 Å². The molecule has 3 atom stereocenters. The van der Waals surface area contributed by atoms with E-state index in [1.165, 1.54) is 25.3 Å². The number of β-amino-alcohol motifs (C(OH)–C–C–N with tert-alkyl or cyclic N) is 1. The zero-order valence-electron chi connectivity index (χ0n) is 30.1. The molecule has 4 N–H and O–H groups in total. The van der Waals surface area contributed by atoms with Gasteiger partial charge < -0.3 is 35.1 Å². The Morgan fingerprint density at radius 1 is 1.08 bits per heavy atom. The Labute approximate surface area is 302 Å². The Morgan fingerprint density at radius 3 is 2.65 bits per heavy atom. The average Bonchev–Trinajstić information content (AvgIpc) is 3.46. The number of methoxy groups -OCH3 is 1.